The molecule has 1 fully saturated rings. The van der Waals surface area contributed by atoms with Gasteiger partial charge in [-0.3, -0.25) is 14.5 Å². The van der Waals surface area contributed by atoms with Crippen LogP contribution in [0.25, 0.3) is 0 Å². The Hall–Kier alpha value is -2.12. The summed E-state index contributed by atoms with van der Waals surface area (Å²) in [6, 6.07) is 17.4. The molecule has 0 aromatic heterocycles. The van der Waals surface area contributed by atoms with Gasteiger partial charge in [-0.05, 0) is 37.1 Å². The lowest BCUT2D eigenvalue weighted by molar-refractivity contribution is -0.121. The molecule has 0 bridgehead atoms. The fourth-order valence-corrected chi connectivity index (χ4v) is 3.56. The summed E-state index contributed by atoms with van der Waals surface area (Å²) in [5.74, 6) is -0.342. The molecule has 164 valence electrons. The Morgan fingerprint density at radius 2 is 1.73 bits per heavy atom. The predicted molar refractivity (Wildman–Crippen MR) is 125 cm³/mol. The van der Waals surface area contributed by atoms with E-state index in [0.717, 1.165) is 32.5 Å². The van der Waals surface area contributed by atoms with Gasteiger partial charge in [0.05, 0.1) is 17.2 Å². The summed E-state index contributed by atoms with van der Waals surface area (Å²) in [7, 11) is 0. The van der Waals surface area contributed by atoms with Crippen LogP contribution in [0.1, 0.15) is 28.8 Å². The lowest BCUT2D eigenvalue weighted by Crippen LogP contribution is -2.40. The topological polar surface area (TPSA) is 87.5 Å². The second kappa shape index (κ2) is 13.2. The number of nitrogens with zero attached hydrogens (tertiary/aromatic N) is 1. The van der Waals surface area contributed by atoms with Gasteiger partial charge in [0.25, 0.3) is 5.91 Å². The highest BCUT2D eigenvalue weighted by Gasteiger charge is 2.26. The zero-order valence-corrected chi connectivity index (χ0v) is 18.5. The summed E-state index contributed by atoms with van der Waals surface area (Å²) >= 11 is 0. The molecule has 0 radical (unpaired) electrons. The highest BCUT2D eigenvalue weighted by molar-refractivity contribution is 6.04. The minimum absolute atomic E-state index is 0. The highest BCUT2D eigenvalue weighted by atomic mass is 35.5. The van der Waals surface area contributed by atoms with Gasteiger partial charge in [-0.1, -0.05) is 42.5 Å². The molecule has 2 aromatic rings. The van der Waals surface area contributed by atoms with Gasteiger partial charge in [0.15, 0.2) is 0 Å². The van der Waals surface area contributed by atoms with Crippen LogP contribution in [0.4, 0.5) is 5.69 Å². The van der Waals surface area contributed by atoms with E-state index in [1.807, 2.05) is 24.3 Å². The van der Waals surface area contributed by atoms with E-state index in [1.54, 1.807) is 18.2 Å². The first-order chi connectivity index (χ1) is 13.7. The SMILES string of the molecule is Cl.Cl.NCCNC(=O)c1ccccc1NC(=O)C1CCCN(Cc2ccccc2)C1. The average Bonchev–Trinajstić information content (AvgIpc) is 2.73. The number of rotatable bonds is 7. The summed E-state index contributed by atoms with van der Waals surface area (Å²) < 4.78 is 0. The molecule has 6 nitrogen and oxygen atoms in total. The molecule has 30 heavy (non-hydrogen) atoms. The van der Waals surface area contributed by atoms with Crippen molar-refractivity contribution in [3.8, 4) is 0 Å². The third-order valence-corrected chi connectivity index (χ3v) is 4.98. The predicted octanol–water partition coefficient (Wildman–Crippen LogP) is 3.07. The summed E-state index contributed by atoms with van der Waals surface area (Å²) in [5.41, 5.74) is 7.71. The van der Waals surface area contributed by atoms with E-state index in [0.29, 0.717) is 24.3 Å². The van der Waals surface area contributed by atoms with Crippen molar-refractivity contribution in [3.63, 3.8) is 0 Å². The van der Waals surface area contributed by atoms with Gasteiger partial charge in [0.1, 0.15) is 0 Å². The second-order valence-corrected chi connectivity index (χ2v) is 7.14. The standard InChI is InChI=1S/C22H28N4O2.2ClH/c23-12-13-24-22(28)19-10-4-5-11-20(19)25-21(27)18-9-6-14-26(16-18)15-17-7-2-1-3-8-17;;/h1-5,7-8,10-11,18H,6,9,12-16,23H2,(H,24,28)(H,25,27);2*1H. The van der Waals surface area contributed by atoms with Gasteiger partial charge in [-0.2, -0.15) is 0 Å². The zero-order valence-electron chi connectivity index (χ0n) is 16.9. The molecule has 0 saturated carbocycles. The van der Waals surface area contributed by atoms with Crippen molar-refractivity contribution in [2.24, 2.45) is 11.7 Å². The summed E-state index contributed by atoms with van der Waals surface area (Å²) in [6.45, 7) is 3.35. The number of hydrogen-bond acceptors (Lipinski definition) is 4. The molecular weight excluding hydrogens is 423 g/mol. The zero-order chi connectivity index (χ0) is 19.8. The molecular formula is C22H30Cl2N4O2. The van der Waals surface area contributed by atoms with E-state index < -0.39 is 0 Å². The van der Waals surface area contributed by atoms with Crippen molar-refractivity contribution in [2.45, 2.75) is 19.4 Å². The maximum Gasteiger partial charge on any atom is 0.253 e. The molecule has 2 aromatic carbocycles. The summed E-state index contributed by atoms with van der Waals surface area (Å²) in [5, 5.41) is 5.72. The molecule has 2 amide bonds. The molecule has 0 aliphatic carbocycles. The number of para-hydroxylation sites is 1. The molecule has 1 atom stereocenters. The number of likely N-dealkylation sites (tertiary alicyclic amines) is 1. The fraction of sp³-hybridized carbons (Fsp3) is 0.364. The first-order valence-electron chi connectivity index (χ1n) is 9.82. The van der Waals surface area contributed by atoms with Crippen molar-refractivity contribution in [3.05, 3.63) is 65.7 Å². The quantitative estimate of drug-likeness (QED) is 0.602. The number of piperidine rings is 1. The lowest BCUT2D eigenvalue weighted by Gasteiger charge is -2.32. The van der Waals surface area contributed by atoms with Crippen molar-refractivity contribution >= 4 is 42.3 Å². The minimum Gasteiger partial charge on any atom is -0.351 e. The van der Waals surface area contributed by atoms with Gasteiger partial charge < -0.3 is 16.4 Å². The van der Waals surface area contributed by atoms with Crippen LogP contribution < -0.4 is 16.4 Å². The van der Waals surface area contributed by atoms with E-state index in [4.69, 9.17) is 5.73 Å². The van der Waals surface area contributed by atoms with Crippen LogP contribution in [0.5, 0.6) is 0 Å². The Kier molecular flexibility index (Phi) is 11.4. The molecule has 1 heterocycles. The fourth-order valence-electron chi connectivity index (χ4n) is 3.56. The van der Waals surface area contributed by atoms with E-state index >= 15 is 0 Å². The van der Waals surface area contributed by atoms with Crippen molar-refractivity contribution in [1.29, 1.82) is 0 Å². The first kappa shape index (κ1) is 25.9. The maximum atomic E-state index is 12.9. The Bertz CT molecular complexity index is 805. The molecule has 0 spiro atoms. The van der Waals surface area contributed by atoms with Crippen LogP contribution in [-0.2, 0) is 11.3 Å². The first-order valence-corrected chi connectivity index (χ1v) is 9.82. The number of nitrogens with two attached hydrogens (primary N) is 1. The number of nitrogens with one attached hydrogen (secondary N) is 2. The Balaban J connectivity index is 0.00000225. The minimum atomic E-state index is -0.226. The van der Waals surface area contributed by atoms with Crippen LogP contribution in [0, 0.1) is 5.92 Å². The number of amides is 2. The van der Waals surface area contributed by atoms with Crippen LogP contribution in [0.3, 0.4) is 0 Å². The summed E-state index contributed by atoms with van der Waals surface area (Å²) in [4.78, 5) is 27.5. The van der Waals surface area contributed by atoms with Crippen molar-refractivity contribution < 1.29 is 9.59 Å². The van der Waals surface area contributed by atoms with Gasteiger partial charge in [-0.25, -0.2) is 0 Å². The molecule has 4 N–H and O–H groups in total. The van der Waals surface area contributed by atoms with E-state index in [-0.39, 0.29) is 42.5 Å². The number of halogens is 2. The Morgan fingerprint density at radius 3 is 2.47 bits per heavy atom. The number of benzene rings is 2. The van der Waals surface area contributed by atoms with Gasteiger partial charge in [-0.15, -0.1) is 24.8 Å². The second-order valence-electron chi connectivity index (χ2n) is 7.14. The molecule has 1 saturated heterocycles. The largest absolute Gasteiger partial charge is 0.351 e. The number of anilines is 1. The van der Waals surface area contributed by atoms with E-state index in [9.17, 15) is 9.59 Å². The van der Waals surface area contributed by atoms with Crippen molar-refractivity contribution in [2.75, 3.05) is 31.5 Å². The third kappa shape index (κ3) is 7.29. The normalized spacial score (nSPS) is 16.0. The van der Waals surface area contributed by atoms with Crippen molar-refractivity contribution in [1.82, 2.24) is 10.2 Å². The third-order valence-electron chi connectivity index (χ3n) is 4.98. The van der Waals surface area contributed by atoms with Crippen LogP contribution in [-0.4, -0.2) is 42.9 Å². The highest BCUT2D eigenvalue weighted by Crippen LogP contribution is 2.22. The molecule has 1 aliphatic heterocycles. The van der Waals surface area contributed by atoms with Gasteiger partial charge >= 0.3 is 0 Å². The lowest BCUT2D eigenvalue weighted by atomic mass is 9.96. The average molecular weight is 453 g/mol. The molecule has 1 unspecified atom stereocenters. The monoisotopic (exact) mass is 452 g/mol. The maximum absolute atomic E-state index is 12.9. The Labute approximate surface area is 190 Å². The van der Waals surface area contributed by atoms with E-state index in [1.165, 1.54) is 5.56 Å². The van der Waals surface area contributed by atoms with Crippen LogP contribution in [0.15, 0.2) is 54.6 Å². The Morgan fingerprint density at radius 1 is 1.03 bits per heavy atom. The number of hydrogen-bond donors (Lipinski definition) is 3. The van der Waals surface area contributed by atoms with Gasteiger partial charge in [0, 0.05) is 26.2 Å². The smallest absolute Gasteiger partial charge is 0.253 e. The summed E-state index contributed by atoms with van der Waals surface area (Å²) in [6.07, 6.45) is 1.85. The number of carbonyl (C=O) groups is 2. The van der Waals surface area contributed by atoms with Crippen LogP contribution >= 0.6 is 24.8 Å². The van der Waals surface area contributed by atoms with Gasteiger partial charge in [0.2, 0.25) is 5.91 Å². The van der Waals surface area contributed by atoms with Crippen LogP contribution in [0.2, 0.25) is 0 Å². The number of carbonyl (C=O) groups excluding carboxylic acids is 2. The van der Waals surface area contributed by atoms with E-state index in [2.05, 4.69) is 27.7 Å². The molecule has 8 heteroatoms. The molecule has 1 aliphatic rings. The molecule has 3 rings (SSSR count).